The van der Waals surface area contributed by atoms with E-state index in [0.717, 1.165) is 12.8 Å². The summed E-state index contributed by atoms with van der Waals surface area (Å²) in [7, 11) is 1.57. The van der Waals surface area contributed by atoms with Gasteiger partial charge in [0.2, 0.25) is 5.91 Å². The highest BCUT2D eigenvalue weighted by Gasteiger charge is 2.45. The van der Waals surface area contributed by atoms with Crippen LogP contribution < -0.4 is 11.1 Å². The molecule has 9 nitrogen and oxygen atoms in total. The Kier molecular flexibility index (Phi) is 5.98. The summed E-state index contributed by atoms with van der Waals surface area (Å²) in [4.78, 5) is 29.4. The predicted octanol–water partition coefficient (Wildman–Crippen LogP) is 2.78. The van der Waals surface area contributed by atoms with Crippen LogP contribution in [0.25, 0.3) is 11.0 Å². The molecule has 1 saturated carbocycles. The zero-order chi connectivity index (χ0) is 26.6. The van der Waals surface area contributed by atoms with Crippen LogP contribution in [0.3, 0.4) is 0 Å². The SMILES string of the molecule is C=CC(=O)N1C[C@@](S)(n2nc(C#Cc3c(F)cc4c(ncn4C4CC4)c3F)c(C(N)=O)c2NC)C[C@@H]1C. The molecule has 37 heavy (non-hydrogen) atoms. The van der Waals surface area contributed by atoms with Crippen molar-refractivity contribution >= 4 is 41.3 Å². The number of anilines is 1. The number of amides is 2. The Bertz CT molecular complexity index is 1530. The van der Waals surface area contributed by atoms with Crippen LogP contribution in [0.2, 0.25) is 0 Å². The molecule has 1 aliphatic carbocycles. The largest absolute Gasteiger partial charge is 0.373 e. The number of thiol groups is 1. The number of primary amides is 1. The maximum Gasteiger partial charge on any atom is 0.255 e. The number of carbonyl (C=O) groups excluding carboxylic acids is 2. The van der Waals surface area contributed by atoms with E-state index in [1.165, 1.54) is 23.2 Å². The lowest BCUT2D eigenvalue weighted by atomic mass is 10.1. The minimum absolute atomic E-state index is 0.0235. The lowest BCUT2D eigenvalue weighted by Crippen LogP contribution is -2.36. The van der Waals surface area contributed by atoms with Crippen molar-refractivity contribution < 1.29 is 18.4 Å². The fourth-order valence-electron chi connectivity index (χ4n) is 4.89. The summed E-state index contributed by atoms with van der Waals surface area (Å²) in [6.07, 6.45) is 5.00. The van der Waals surface area contributed by atoms with Gasteiger partial charge in [-0.1, -0.05) is 12.5 Å². The maximum absolute atomic E-state index is 15.2. The minimum Gasteiger partial charge on any atom is -0.373 e. The average molecular weight is 526 g/mol. The van der Waals surface area contributed by atoms with Crippen molar-refractivity contribution in [2.75, 3.05) is 18.9 Å². The van der Waals surface area contributed by atoms with Crippen LogP contribution in [0.5, 0.6) is 0 Å². The molecule has 192 valence electrons. The van der Waals surface area contributed by atoms with Gasteiger partial charge in [0.15, 0.2) is 11.5 Å². The Balaban J connectivity index is 1.59. The molecule has 12 heteroatoms. The number of imidazole rings is 1. The lowest BCUT2D eigenvalue weighted by molar-refractivity contribution is -0.126. The van der Waals surface area contributed by atoms with E-state index in [4.69, 9.17) is 18.4 Å². The Morgan fingerprint density at radius 3 is 2.70 bits per heavy atom. The number of halogens is 2. The second-order valence-corrected chi connectivity index (χ2v) is 10.2. The van der Waals surface area contributed by atoms with Crippen LogP contribution in [0.1, 0.15) is 53.8 Å². The number of fused-ring (bicyclic) bond motifs is 1. The summed E-state index contributed by atoms with van der Waals surface area (Å²) in [5, 5.41) is 7.36. The van der Waals surface area contributed by atoms with Crippen molar-refractivity contribution in [3.05, 3.63) is 53.5 Å². The summed E-state index contributed by atoms with van der Waals surface area (Å²) in [5.74, 6) is 2.52. The van der Waals surface area contributed by atoms with E-state index in [2.05, 4.69) is 33.8 Å². The average Bonchev–Trinajstić information content (AvgIpc) is 3.36. The third kappa shape index (κ3) is 4.03. The molecule has 1 saturated heterocycles. The van der Waals surface area contributed by atoms with E-state index in [0.29, 0.717) is 11.9 Å². The van der Waals surface area contributed by atoms with Gasteiger partial charge in [0.25, 0.3) is 5.91 Å². The zero-order valence-corrected chi connectivity index (χ0v) is 21.1. The van der Waals surface area contributed by atoms with Crippen LogP contribution in [-0.4, -0.2) is 55.7 Å². The topological polar surface area (TPSA) is 111 Å². The molecule has 2 fully saturated rings. The van der Waals surface area contributed by atoms with Crippen LogP contribution in [0.4, 0.5) is 14.6 Å². The third-order valence-corrected chi connectivity index (χ3v) is 7.32. The maximum atomic E-state index is 15.2. The first-order valence-electron chi connectivity index (χ1n) is 11.7. The molecule has 5 rings (SSSR count). The van der Waals surface area contributed by atoms with E-state index in [9.17, 15) is 14.0 Å². The molecule has 0 spiro atoms. The van der Waals surface area contributed by atoms with Crippen LogP contribution >= 0.6 is 12.6 Å². The van der Waals surface area contributed by atoms with Gasteiger partial charge in [-0.25, -0.2) is 18.4 Å². The molecule has 2 atom stereocenters. The first kappa shape index (κ1) is 24.8. The number of hydrogen-bond donors (Lipinski definition) is 3. The van der Waals surface area contributed by atoms with Crippen molar-refractivity contribution in [3.63, 3.8) is 0 Å². The van der Waals surface area contributed by atoms with E-state index in [-0.39, 0.29) is 47.1 Å². The smallest absolute Gasteiger partial charge is 0.255 e. The molecule has 2 aromatic heterocycles. The first-order chi connectivity index (χ1) is 17.6. The van der Waals surface area contributed by atoms with Crippen LogP contribution in [0, 0.1) is 23.5 Å². The molecule has 0 bridgehead atoms. The molecule has 1 aliphatic heterocycles. The van der Waals surface area contributed by atoms with Crippen molar-refractivity contribution in [1.82, 2.24) is 24.2 Å². The molecule has 0 radical (unpaired) electrons. The number of nitrogens with one attached hydrogen (secondary N) is 1. The molecule has 3 aromatic rings. The summed E-state index contributed by atoms with van der Waals surface area (Å²) in [6.45, 7) is 5.58. The Morgan fingerprint density at radius 2 is 2.08 bits per heavy atom. The third-order valence-electron chi connectivity index (χ3n) is 6.81. The molecule has 3 heterocycles. The summed E-state index contributed by atoms with van der Waals surface area (Å²) in [5.41, 5.74) is 5.43. The number of nitrogens with two attached hydrogens (primary N) is 1. The highest BCUT2D eigenvalue weighted by atomic mass is 32.1. The van der Waals surface area contributed by atoms with E-state index in [1.54, 1.807) is 16.5 Å². The highest BCUT2D eigenvalue weighted by molar-refractivity contribution is 7.81. The predicted molar refractivity (Wildman–Crippen MR) is 137 cm³/mol. The molecular formula is C25H25F2N7O2S. The number of rotatable bonds is 5. The van der Waals surface area contributed by atoms with Gasteiger partial charge in [0.05, 0.1) is 24.0 Å². The minimum atomic E-state index is -1.01. The lowest BCUT2D eigenvalue weighted by Gasteiger charge is -2.26. The summed E-state index contributed by atoms with van der Waals surface area (Å²) < 4.78 is 33.4. The van der Waals surface area contributed by atoms with Gasteiger partial charge in [-0.2, -0.15) is 5.10 Å². The van der Waals surface area contributed by atoms with E-state index in [1.807, 2.05) is 6.92 Å². The molecule has 2 aliphatic rings. The normalized spacial score (nSPS) is 21.1. The number of carbonyl (C=O) groups is 2. The Morgan fingerprint density at radius 1 is 1.35 bits per heavy atom. The second kappa shape index (κ2) is 8.92. The van der Waals surface area contributed by atoms with Gasteiger partial charge in [0.1, 0.15) is 27.6 Å². The van der Waals surface area contributed by atoms with Gasteiger partial charge >= 0.3 is 0 Å². The fraction of sp³-hybridized carbons (Fsp3) is 0.360. The quantitative estimate of drug-likeness (QED) is 0.270. The number of hydrogen-bond acceptors (Lipinski definition) is 6. The standard InChI is InChI=1S/C25H25F2N7O2S/c1-4-19(35)32-11-25(37,10-13(32)2)34-24(29-3)20(23(28)36)17(31-34)8-7-15-16(26)9-18-22(21(15)27)30-12-33(18)14-5-6-14/h4,9,12-14,29,37H,1,5-6,10-11H2,2-3H3,(H2,28,36)/t13-,25+/m0/s1. The van der Waals surface area contributed by atoms with Gasteiger partial charge in [-0.15, -0.1) is 12.6 Å². The number of likely N-dealkylation sites (tertiary alicyclic amines) is 1. The van der Waals surface area contributed by atoms with Crippen LogP contribution in [-0.2, 0) is 9.67 Å². The Hall–Kier alpha value is -3.85. The molecule has 2 amide bonds. The van der Waals surface area contributed by atoms with Gasteiger partial charge in [0, 0.05) is 31.6 Å². The van der Waals surface area contributed by atoms with Gasteiger partial charge in [-0.3, -0.25) is 9.59 Å². The van der Waals surface area contributed by atoms with Gasteiger partial charge < -0.3 is 20.5 Å². The van der Waals surface area contributed by atoms with Crippen molar-refractivity contribution in [3.8, 4) is 11.8 Å². The summed E-state index contributed by atoms with van der Waals surface area (Å²) in [6, 6.07) is 1.23. The zero-order valence-electron chi connectivity index (χ0n) is 20.3. The van der Waals surface area contributed by atoms with Crippen molar-refractivity contribution in [2.24, 2.45) is 5.73 Å². The molecule has 3 N–H and O–H groups in total. The van der Waals surface area contributed by atoms with E-state index >= 15 is 4.39 Å². The highest BCUT2D eigenvalue weighted by Crippen LogP contribution is 2.40. The summed E-state index contributed by atoms with van der Waals surface area (Å²) >= 11 is 4.81. The second-order valence-electron chi connectivity index (χ2n) is 9.35. The molecular weight excluding hydrogens is 500 g/mol. The fourth-order valence-corrected chi connectivity index (χ4v) is 5.45. The molecule has 0 unspecified atom stereocenters. The Labute approximate surface area is 217 Å². The number of benzene rings is 1. The molecule has 1 aromatic carbocycles. The van der Waals surface area contributed by atoms with Crippen LogP contribution in [0.15, 0.2) is 25.0 Å². The number of aromatic nitrogens is 4. The van der Waals surface area contributed by atoms with Crippen molar-refractivity contribution in [1.29, 1.82) is 0 Å². The number of nitrogens with zero attached hydrogens (tertiary/aromatic N) is 5. The van der Waals surface area contributed by atoms with Gasteiger partial charge in [-0.05, 0) is 31.8 Å². The first-order valence-corrected chi connectivity index (χ1v) is 12.2. The van der Waals surface area contributed by atoms with Crippen molar-refractivity contribution in [2.45, 2.75) is 43.1 Å². The monoisotopic (exact) mass is 525 g/mol. The van der Waals surface area contributed by atoms with E-state index < -0.39 is 28.0 Å².